The molecule has 1 aromatic carbocycles. The number of rotatable bonds is 3. The van der Waals surface area contributed by atoms with Gasteiger partial charge in [-0.3, -0.25) is 0 Å². The Morgan fingerprint density at radius 3 is 2.50 bits per heavy atom. The van der Waals surface area contributed by atoms with Gasteiger partial charge >= 0.3 is 0 Å². The zero-order valence-corrected chi connectivity index (χ0v) is 13.3. The maximum absolute atomic E-state index is 10.3. The monoisotopic (exact) mass is 300 g/mol. The summed E-state index contributed by atoms with van der Waals surface area (Å²) in [5.41, 5.74) is 2.54. The first kappa shape index (κ1) is 14.9. The van der Waals surface area contributed by atoms with Crippen LogP contribution in [0.25, 0.3) is 11.3 Å². The first-order valence-corrected chi connectivity index (χ1v) is 8.16. The Bertz CT molecular complexity index is 655. The molecule has 0 aliphatic heterocycles. The molecule has 0 spiro atoms. The molecule has 118 valence electrons. The van der Waals surface area contributed by atoms with E-state index in [2.05, 4.69) is 9.55 Å². The lowest BCUT2D eigenvalue weighted by Crippen LogP contribution is -2.13. The molecule has 0 saturated heterocycles. The number of nitrogens with zero attached hydrogens (tertiary/aromatic N) is 2. The molecule has 22 heavy (non-hydrogen) atoms. The van der Waals surface area contributed by atoms with E-state index in [1.807, 2.05) is 32.4 Å². The van der Waals surface area contributed by atoms with Crippen LogP contribution in [0.1, 0.15) is 63.5 Å². The van der Waals surface area contributed by atoms with E-state index in [0.717, 1.165) is 16.8 Å². The van der Waals surface area contributed by atoms with E-state index in [0.29, 0.717) is 6.04 Å². The highest BCUT2D eigenvalue weighted by Crippen LogP contribution is 2.40. The SMILES string of the molecule is CC(C)c1cc(-c2cncn2C2CCCCC2)c(O)cc1O. The van der Waals surface area contributed by atoms with Gasteiger partial charge in [-0.1, -0.05) is 33.1 Å². The Hall–Kier alpha value is -1.97. The lowest BCUT2D eigenvalue weighted by Gasteiger charge is -2.25. The molecule has 4 heteroatoms. The Balaban J connectivity index is 2.04. The molecule has 2 aromatic rings. The molecular weight excluding hydrogens is 276 g/mol. The Morgan fingerprint density at radius 1 is 1.09 bits per heavy atom. The number of hydrogen-bond acceptors (Lipinski definition) is 3. The van der Waals surface area contributed by atoms with Crippen LogP contribution in [0.3, 0.4) is 0 Å². The van der Waals surface area contributed by atoms with Crippen molar-refractivity contribution < 1.29 is 10.2 Å². The molecular formula is C18H24N2O2. The van der Waals surface area contributed by atoms with Crippen molar-refractivity contribution >= 4 is 0 Å². The second-order valence-corrected chi connectivity index (χ2v) is 6.56. The number of phenolic OH excluding ortho intramolecular Hbond substituents is 2. The van der Waals surface area contributed by atoms with Crippen molar-refractivity contribution in [2.75, 3.05) is 0 Å². The van der Waals surface area contributed by atoms with Gasteiger partial charge in [-0.05, 0) is 30.4 Å². The molecule has 1 saturated carbocycles. The van der Waals surface area contributed by atoms with Crippen molar-refractivity contribution in [2.24, 2.45) is 0 Å². The molecule has 0 radical (unpaired) electrons. The van der Waals surface area contributed by atoms with Crippen molar-refractivity contribution in [2.45, 2.75) is 57.9 Å². The summed E-state index contributed by atoms with van der Waals surface area (Å²) in [7, 11) is 0. The summed E-state index contributed by atoms with van der Waals surface area (Å²) in [4.78, 5) is 4.30. The van der Waals surface area contributed by atoms with E-state index in [1.54, 1.807) is 0 Å². The van der Waals surface area contributed by atoms with Gasteiger partial charge in [0.25, 0.3) is 0 Å². The summed E-state index contributed by atoms with van der Waals surface area (Å²) in [5, 5.41) is 20.3. The van der Waals surface area contributed by atoms with Crippen LogP contribution in [0, 0.1) is 0 Å². The van der Waals surface area contributed by atoms with E-state index < -0.39 is 0 Å². The van der Waals surface area contributed by atoms with E-state index in [9.17, 15) is 10.2 Å². The van der Waals surface area contributed by atoms with Gasteiger partial charge in [0, 0.05) is 17.7 Å². The summed E-state index contributed by atoms with van der Waals surface area (Å²) in [6.07, 6.45) is 9.82. The van der Waals surface area contributed by atoms with Gasteiger partial charge in [0.15, 0.2) is 0 Å². The lowest BCUT2D eigenvalue weighted by molar-refractivity contribution is 0.355. The summed E-state index contributed by atoms with van der Waals surface area (Å²) in [5.74, 6) is 0.463. The fourth-order valence-corrected chi connectivity index (χ4v) is 3.43. The highest BCUT2D eigenvalue weighted by Gasteiger charge is 2.21. The number of hydrogen-bond donors (Lipinski definition) is 2. The molecule has 1 aliphatic carbocycles. The topological polar surface area (TPSA) is 58.3 Å². The van der Waals surface area contributed by atoms with Crippen molar-refractivity contribution in [1.29, 1.82) is 0 Å². The summed E-state index contributed by atoms with van der Waals surface area (Å²) >= 11 is 0. The first-order valence-electron chi connectivity index (χ1n) is 8.16. The predicted octanol–water partition coefficient (Wildman–Crippen LogP) is 4.59. The maximum Gasteiger partial charge on any atom is 0.128 e. The summed E-state index contributed by atoms with van der Waals surface area (Å²) in [6, 6.07) is 3.80. The molecule has 1 aliphatic rings. The van der Waals surface area contributed by atoms with Gasteiger partial charge in [0.05, 0.1) is 18.2 Å². The Kier molecular flexibility index (Phi) is 4.10. The van der Waals surface area contributed by atoms with Crippen molar-refractivity contribution in [3.05, 3.63) is 30.2 Å². The van der Waals surface area contributed by atoms with Crippen LogP contribution in [0.2, 0.25) is 0 Å². The minimum absolute atomic E-state index is 0.111. The average Bonchev–Trinajstić information content (AvgIpc) is 2.97. The summed E-state index contributed by atoms with van der Waals surface area (Å²) in [6.45, 7) is 4.07. The maximum atomic E-state index is 10.3. The number of benzene rings is 1. The summed E-state index contributed by atoms with van der Waals surface area (Å²) < 4.78 is 2.19. The van der Waals surface area contributed by atoms with Crippen molar-refractivity contribution in [3.63, 3.8) is 0 Å². The standard InChI is InChI=1S/C18H24N2O2/c1-12(2)14-8-15(18(22)9-17(14)21)16-10-19-11-20(16)13-6-4-3-5-7-13/h8-13,21-22H,3-7H2,1-2H3. The highest BCUT2D eigenvalue weighted by atomic mass is 16.3. The molecule has 1 aromatic heterocycles. The van der Waals surface area contributed by atoms with Crippen LogP contribution in [0.5, 0.6) is 11.5 Å². The molecule has 4 nitrogen and oxygen atoms in total. The van der Waals surface area contributed by atoms with Gasteiger partial charge < -0.3 is 14.8 Å². The van der Waals surface area contributed by atoms with Crippen LogP contribution in [-0.2, 0) is 0 Å². The van der Waals surface area contributed by atoms with Crippen LogP contribution in [0.15, 0.2) is 24.7 Å². The number of phenols is 2. The van der Waals surface area contributed by atoms with Gasteiger partial charge in [-0.25, -0.2) is 4.98 Å². The van der Waals surface area contributed by atoms with E-state index >= 15 is 0 Å². The molecule has 0 bridgehead atoms. The van der Waals surface area contributed by atoms with Crippen LogP contribution in [0.4, 0.5) is 0 Å². The Labute approximate surface area is 131 Å². The largest absolute Gasteiger partial charge is 0.508 e. The second-order valence-electron chi connectivity index (χ2n) is 6.56. The fourth-order valence-electron chi connectivity index (χ4n) is 3.43. The van der Waals surface area contributed by atoms with Gasteiger partial charge in [-0.2, -0.15) is 0 Å². The smallest absolute Gasteiger partial charge is 0.128 e. The molecule has 0 unspecified atom stereocenters. The third-order valence-corrected chi connectivity index (χ3v) is 4.68. The third-order valence-electron chi connectivity index (χ3n) is 4.68. The minimum atomic E-state index is 0.111. The zero-order chi connectivity index (χ0) is 15.7. The fraction of sp³-hybridized carbons (Fsp3) is 0.500. The lowest BCUT2D eigenvalue weighted by atomic mass is 9.94. The van der Waals surface area contributed by atoms with Gasteiger partial charge in [0.1, 0.15) is 11.5 Å². The van der Waals surface area contributed by atoms with E-state index in [1.165, 1.54) is 38.2 Å². The van der Waals surface area contributed by atoms with Crippen molar-refractivity contribution in [3.8, 4) is 22.8 Å². The Morgan fingerprint density at radius 2 is 1.82 bits per heavy atom. The third kappa shape index (κ3) is 2.70. The number of aromatic nitrogens is 2. The number of imidazole rings is 1. The minimum Gasteiger partial charge on any atom is -0.508 e. The van der Waals surface area contributed by atoms with Crippen molar-refractivity contribution in [1.82, 2.24) is 9.55 Å². The molecule has 1 heterocycles. The molecule has 1 fully saturated rings. The van der Waals surface area contributed by atoms with E-state index in [-0.39, 0.29) is 17.4 Å². The van der Waals surface area contributed by atoms with Crippen LogP contribution >= 0.6 is 0 Å². The molecule has 2 N–H and O–H groups in total. The average molecular weight is 300 g/mol. The highest BCUT2D eigenvalue weighted by molar-refractivity contribution is 5.70. The molecule has 3 rings (SSSR count). The van der Waals surface area contributed by atoms with Gasteiger partial charge in [-0.15, -0.1) is 0 Å². The predicted molar refractivity (Wildman–Crippen MR) is 87.2 cm³/mol. The first-order chi connectivity index (χ1) is 10.6. The second kappa shape index (κ2) is 6.03. The normalized spacial score (nSPS) is 16.3. The zero-order valence-electron chi connectivity index (χ0n) is 13.3. The van der Waals surface area contributed by atoms with Crippen LogP contribution in [-0.4, -0.2) is 19.8 Å². The number of aromatic hydroxyl groups is 2. The van der Waals surface area contributed by atoms with Crippen LogP contribution < -0.4 is 0 Å². The van der Waals surface area contributed by atoms with Gasteiger partial charge in [0.2, 0.25) is 0 Å². The molecule has 0 atom stereocenters. The molecule has 0 amide bonds. The van der Waals surface area contributed by atoms with E-state index in [4.69, 9.17) is 0 Å². The quantitative estimate of drug-likeness (QED) is 0.871.